The third-order valence-corrected chi connectivity index (χ3v) is 12.2. The minimum Gasteiger partial charge on any atom is -0.462 e. The fourth-order valence-corrected chi connectivity index (χ4v) is 10.7. The van der Waals surface area contributed by atoms with Gasteiger partial charge in [0, 0.05) is 36.7 Å². The molecule has 0 aromatic carbocycles. The molecule has 2 spiro atoms. The molecule has 0 bridgehead atoms. The summed E-state index contributed by atoms with van der Waals surface area (Å²) < 4.78 is 31.0. The van der Waals surface area contributed by atoms with Gasteiger partial charge in [-0.3, -0.25) is 14.4 Å². The molecule has 4 heterocycles. The Kier molecular flexibility index (Phi) is 5.50. The minimum atomic E-state index is -1.53. The standard InChI is InChI=1S/C31H40O10/c1-14-9-19(38-26(14)35)24-15(2)17-10-21(37-16(3)32)28(6)25-18(33)11-20-27(4,5)39-22-12-23(34)40-30(20,22)13-29(25,36)7-8-31(17,28)41-24/h9,15,17,19-22,24-25,36H,7-8,10-13H2,1-6H3. The van der Waals surface area contributed by atoms with E-state index in [0.29, 0.717) is 18.4 Å². The quantitative estimate of drug-likeness (QED) is 0.389. The minimum absolute atomic E-state index is 0.0626. The zero-order valence-electron chi connectivity index (χ0n) is 24.6. The first-order valence-corrected chi connectivity index (χ1v) is 15.0. The fraction of sp³-hybridized carbons (Fsp3) is 0.806. The van der Waals surface area contributed by atoms with E-state index in [0.717, 1.165) is 0 Å². The molecule has 10 heteroatoms. The number of Topliss-reactive ketones (excluding diaryl/α,β-unsaturated/α-hetero) is 1. The number of carbonyl (C=O) groups excluding carboxylic acids is 4. The van der Waals surface area contributed by atoms with Crippen LogP contribution in [-0.4, -0.2) is 75.6 Å². The van der Waals surface area contributed by atoms with Gasteiger partial charge in [0.25, 0.3) is 0 Å². The van der Waals surface area contributed by atoms with Crippen molar-refractivity contribution in [1.82, 2.24) is 0 Å². The maximum atomic E-state index is 14.6. The Bertz CT molecular complexity index is 1290. The molecular formula is C31H40O10. The van der Waals surface area contributed by atoms with Crippen LogP contribution in [0.2, 0.25) is 0 Å². The molecule has 224 valence electrons. The van der Waals surface area contributed by atoms with Gasteiger partial charge >= 0.3 is 17.9 Å². The number of hydrogen-bond donors (Lipinski definition) is 1. The van der Waals surface area contributed by atoms with Gasteiger partial charge in [-0.05, 0) is 57.9 Å². The number of cyclic esters (lactones) is 1. The average Bonchev–Trinajstić information content (AvgIpc) is 3.53. The Morgan fingerprint density at radius 1 is 1.10 bits per heavy atom. The molecule has 12 atom stereocenters. The zero-order chi connectivity index (χ0) is 29.5. The lowest BCUT2D eigenvalue weighted by Crippen LogP contribution is -2.67. The van der Waals surface area contributed by atoms with Crippen molar-refractivity contribution in [3.8, 4) is 0 Å². The molecule has 3 aliphatic carbocycles. The number of rotatable bonds is 2. The summed E-state index contributed by atoms with van der Waals surface area (Å²) in [7, 11) is 0. The molecule has 3 saturated heterocycles. The van der Waals surface area contributed by atoms with Gasteiger partial charge in [0.1, 0.15) is 35.8 Å². The van der Waals surface area contributed by atoms with Gasteiger partial charge in [0.15, 0.2) is 0 Å². The molecule has 0 amide bonds. The molecule has 6 fully saturated rings. The second-order valence-electron chi connectivity index (χ2n) is 14.6. The van der Waals surface area contributed by atoms with Crippen LogP contribution in [0.3, 0.4) is 0 Å². The Morgan fingerprint density at radius 2 is 1.83 bits per heavy atom. The van der Waals surface area contributed by atoms with E-state index in [1.807, 2.05) is 20.8 Å². The first-order valence-electron chi connectivity index (χ1n) is 15.0. The van der Waals surface area contributed by atoms with E-state index in [9.17, 15) is 24.3 Å². The lowest BCUT2D eigenvalue weighted by Gasteiger charge is -2.58. The van der Waals surface area contributed by atoms with Crippen LogP contribution in [0.15, 0.2) is 11.6 Å². The third-order valence-electron chi connectivity index (χ3n) is 12.2. The largest absolute Gasteiger partial charge is 0.462 e. The van der Waals surface area contributed by atoms with E-state index >= 15 is 0 Å². The van der Waals surface area contributed by atoms with Crippen LogP contribution in [-0.2, 0) is 42.9 Å². The maximum absolute atomic E-state index is 14.6. The van der Waals surface area contributed by atoms with E-state index in [4.69, 9.17) is 23.7 Å². The lowest BCUT2D eigenvalue weighted by molar-refractivity contribution is -0.250. The second-order valence-corrected chi connectivity index (χ2v) is 14.6. The molecule has 12 unspecified atom stereocenters. The summed E-state index contributed by atoms with van der Waals surface area (Å²) in [6.07, 6.45) is 0.967. The first-order chi connectivity index (χ1) is 19.1. The lowest BCUT2D eigenvalue weighted by atomic mass is 9.50. The van der Waals surface area contributed by atoms with Crippen LogP contribution in [0.25, 0.3) is 0 Å². The highest BCUT2D eigenvalue weighted by Gasteiger charge is 2.81. The summed E-state index contributed by atoms with van der Waals surface area (Å²) in [5, 5.41) is 12.6. The normalized spacial score (nSPS) is 52.9. The van der Waals surface area contributed by atoms with Gasteiger partial charge in [-0.25, -0.2) is 4.79 Å². The number of esters is 3. The van der Waals surface area contributed by atoms with Crippen LogP contribution >= 0.6 is 0 Å². The Morgan fingerprint density at radius 3 is 2.49 bits per heavy atom. The van der Waals surface area contributed by atoms with Gasteiger partial charge in [-0.2, -0.15) is 0 Å². The van der Waals surface area contributed by atoms with E-state index < -0.39 is 70.0 Å². The fourth-order valence-electron chi connectivity index (χ4n) is 10.7. The summed E-state index contributed by atoms with van der Waals surface area (Å²) >= 11 is 0. The monoisotopic (exact) mass is 572 g/mol. The predicted octanol–water partition coefficient (Wildman–Crippen LogP) is 2.57. The number of ether oxygens (including phenoxy) is 5. The maximum Gasteiger partial charge on any atom is 0.334 e. The SMILES string of the molecule is CC(=O)OC1CC2C(C)C(C3C=C(C)C(=O)O3)OC23CCC2(O)CC45OC(=O)CC4OC(C)(C)C5CC(=O)C2C13C. The van der Waals surface area contributed by atoms with Crippen LogP contribution < -0.4 is 0 Å². The zero-order valence-corrected chi connectivity index (χ0v) is 24.6. The molecular weight excluding hydrogens is 532 g/mol. The molecule has 0 aromatic heterocycles. The second kappa shape index (κ2) is 8.20. The third kappa shape index (κ3) is 3.30. The van der Waals surface area contributed by atoms with Gasteiger partial charge in [0.2, 0.25) is 0 Å². The average molecular weight is 573 g/mol. The number of hydrogen-bond acceptors (Lipinski definition) is 10. The summed E-state index contributed by atoms with van der Waals surface area (Å²) in [4.78, 5) is 51.9. The summed E-state index contributed by atoms with van der Waals surface area (Å²) in [6, 6.07) is 0. The number of carbonyl (C=O) groups is 4. The van der Waals surface area contributed by atoms with Crippen molar-refractivity contribution in [2.24, 2.45) is 29.1 Å². The number of aliphatic hydroxyl groups is 1. The van der Waals surface area contributed by atoms with Crippen molar-refractivity contribution in [3.05, 3.63) is 11.6 Å². The van der Waals surface area contributed by atoms with Gasteiger partial charge in [0.05, 0.1) is 29.1 Å². The van der Waals surface area contributed by atoms with Crippen LogP contribution in [0, 0.1) is 29.1 Å². The van der Waals surface area contributed by atoms with E-state index in [1.54, 1.807) is 13.0 Å². The Labute approximate surface area is 239 Å². The van der Waals surface area contributed by atoms with Crippen LogP contribution in [0.4, 0.5) is 0 Å². The molecule has 7 aliphatic rings. The van der Waals surface area contributed by atoms with Crippen molar-refractivity contribution in [1.29, 1.82) is 0 Å². The Balaban J connectivity index is 1.34. The summed E-state index contributed by atoms with van der Waals surface area (Å²) in [5.74, 6) is -2.87. The number of fused-ring (bicyclic) bond motifs is 2. The molecule has 1 N–H and O–H groups in total. The van der Waals surface area contributed by atoms with Crippen LogP contribution in [0.5, 0.6) is 0 Å². The molecule has 0 aromatic rings. The molecule has 4 aliphatic heterocycles. The summed E-state index contributed by atoms with van der Waals surface area (Å²) in [5.41, 5.74) is -4.81. The van der Waals surface area contributed by atoms with Crippen LogP contribution in [0.1, 0.15) is 80.1 Å². The summed E-state index contributed by atoms with van der Waals surface area (Å²) in [6.45, 7) is 10.9. The molecule has 0 radical (unpaired) electrons. The smallest absolute Gasteiger partial charge is 0.334 e. The Hall–Kier alpha value is -2.30. The van der Waals surface area contributed by atoms with Crippen molar-refractivity contribution in [3.63, 3.8) is 0 Å². The van der Waals surface area contributed by atoms with Crippen molar-refractivity contribution in [2.45, 2.75) is 127 Å². The molecule has 10 nitrogen and oxygen atoms in total. The molecule has 41 heavy (non-hydrogen) atoms. The van der Waals surface area contributed by atoms with Crippen molar-refractivity contribution < 1.29 is 48.0 Å². The highest BCUT2D eigenvalue weighted by molar-refractivity contribution is 5.90. The van der Waals surface area contributed by atoms with E-state index in [1.165, 1.54) is 6.92 Å². The van der Waals surface area contributed by atoms with Crippen molar-refractivity contribution >= 4 is 23.7 Å². The molecule has 3 saturated carbocycles. The van der Waals surface area contributed by atoms with Crippen molar-refractivity contribution in [2.75, 3.05) is 0 Å². The van der Waals surface area contributed by atoms with Gasteiger partial charge < -0.3 is 28.8 Å². The van der Waals surface area contributed by atoms with Gasteiger partial charge in [-0.1, -0.05) is 13.8 Å². The highest BCUT2D eigenvalue weighted by Crippen LogP contribution is 2.72. The first kappa shape index (κ1) is 27.5. The predicted molar refractivity (Wildman–Crippen MR) is 140 cm³/mol. The van der Waals surface area contributed by atoms with E-state index in [2.05, 4.69) is 6.92 Å². The number of ketones is 1. The van der Waals surface area contributed by atoms with Gasteiger partial charge in [-0.15, -0.1) is 0 Å². The molecule has 7 rings (SSSR count). The highest BCUT2D eigenvalue weighted by atomic mass is 16.6. The topological polar surface area (TPSA) is 135 Å². The van der Waals surface area contributed by atoms with E-state index in [-0.39, 0.29) is 55.2 Å².